The zero-order valence-electron chi connectivity index (χ0n) is 11.6. The molecule has 1 aliphatic carbocycles. The third kappa shape index (κ3) is 2.18. The lowest BCUT2D eigenvalue weighted by molar-refractivity contribution is -0.0613. The number of nitrogen functional groups attached to an aromatic ring is 1. The van der Waals surface area contributed by atoms with Crippen molar-refractivity contribution >= 4 is 11.5 Å². The Kier molecular flexibility index (Phi) is 3.13. The average molecular weight is 261 g/mol. The van der Waals surface area contributed by atoms with Gasteiger partial charge in [-0.05, 0) is 37.8 Å². The first-order valence-corrected chi connectivity index (χ1v) is 7.28. The SMILES string of the molecule is Cc1ccnc(N2CCC3(O)CCCCC3C2)c1N. The van der Waals surface area contributed by atoms with Crippen molar-refractivity contribution in [1.29, 1.82) is 0 Å². The smallest absolute Gasteiger partial charge is 0.152 e. The molecule has 0 radical (unpaired) electrons. The van der Waals surface area contributed by atoms with E-state index in [0.29, 0.717) is 5.92 Å². The fourth-order valence-corrected chi connectivity index (χ4v) is 3.57. The molecule has 0 spiro atoms. The quantitative estimate of drug-likeness (QED) is 0.812. The monoisotopic (exact) mass is 261 g/mol. The van der Waals surface area contributed by atoms with Crippen LogP contribution in [0.4, 0.5) is 11.5 Å². The van der Waals surface area contributed by atoms with Gasteiger partial charge >= 0.3 is 0 Å². The zero-order valence-corrected chi connectivity index (χ0v) is 11.6. The Morgan fingerprint density at radius 3 is 3.11 bits per heavy atom. The molecule has 0 amide bonds. The van der Waals surface area contributed by atoms with Gasteiger partial charge in [-0.3, -0.25) is 0 Å². The fourth-order valence-electron chi connectivity index (χ4n) is 3.57. The van der Waals surface area contributed by atoms with Crippen molar-refractivity contribution in [3.05, 3.63) is 17.8 Å². The molecule has 2 atom stereocenters. The zero-order chi connectivity index (χ0) is 13.5. The van der Waals surface area contributed by atoms with Crippen LogP contribution in [0, 0.1) is 12.8 Å². The number of hydrogen-bond donors (Lipinski definition) is 2. The molecule has 4 heteroatoms. The number of anilines is 2. The second-order valence-electron chi connectivity index (χ2n) is 6.11. The summed E-state index contributed by atoms with van der Waals surface area (Å²) in [6, 6.07) is 1.94. The van der Waals surface area contributed by atoms with E-state index < -0.39 is 5.60 Å². The van der Waals surface area contributed by atoms with Gasteiger partial charge < -0.3 is 15.7 Å². The molecular formula is C15H23N3O. The molecule has 3 rings (SSSR count). The lowest BCUT2D eigenvalue weighted by Crippen LogP contribution is -2.53. The van der Waals surface area contributed by atoms with E-state index in [4.69, 9.17) is 5.73 Å². The Hall–Kier alpha value is -1.29. The molecule has 2 fully saturated rings. The number of piperidine rings is 1. The summed E-state index contributed by atoms with van der Waals surface area (Å²) in [4.78, 5) is 6.70. The normalized spacial score (nSPS) is 31.1. The molecule has 1 saturated heterocycles. The van der Waals surface area contributed by atoms with Gasteiger partial charge in [0, 0.05) is 25.2 Å². The van der Waals surface area contributed by atoms with Gasteiger partial charge in [0.25, 0.3) is 0 Å². The van der Waals surface area contributed by atoms with Gasteiger partial charge in [0.2, 0.25) is 0 Å². The van der Waals surface area contributed by atoms with Crippen molar-refractivity contribution in [1.82, 2.24) is 4.98 Å². The van der Waals surface area contributed by atoms with Crippen molar-refractivity contribution in [2.45, 2.75) is 44.6 Å². The maximum atomic E-state index is 10.7. The third-order valence-corrected chi connectivity index (χ3v) is 4.91. The first-order chi connectivity index (χ1) is 9.10. The van der Waals surface area contributed by atoms with E-state index in [9.17, 15) is 5.11 Å². The highest BCUT2D eigenvalue weighted by atomic mass is 16.3. The first-order valence-electron chi connectivity index (χ1n) is 7.28. The number of nitrogens with zero attached hydrogens (tertiary/aromatic N) is 2. The fraction of sp³-hybridized carbons (Fsp3) is 0.667. The number of fused-ring (bicyclic) bond motifs is 1. The van der Waals surface area contributed by atoms with Crippen molar-refractivity contribution in [2.75, 3.05) is 23.7 Å². The van der Waals surface area contributed by atoms with E-state index in [-0.39, 0.29) is 0 Å². The van der Waals surface area contributed by atoms with Crippen LogP contribution in [-0.4, -0.2) is 28.8 Å². The van der Waals surface area contributed by atoms with E-state index in [1.165, 1.54) is 6.42 Å². The Morgan fingerprint density at radius 2 is 2.26 bits per heavy atom. The van der Waals surface area contributed by atoms with Gasteiger partial charge in [0.15, 0.2) is 5.82 Å². The Bertz CT molecular complexity index is 476. The molecule has 1 aromatic rings. The molecule has 1 saturated carbocycles. The standard InChI is InChI=1S/C15H23N3O/c1-11-5-8-17-14(13(11)16)18-9-7-15(19)6-3-2-4-12(15)10-18/h5,8,12,19H,2-4,6-7,9-10,16H2,1H3. The van der Waals surface area contributed by atoms with Crippen LogP contribution in [0.5, 0.6) is 0 Å². The Balaban J connectivity index is 1.83. The number of nitrogens with two attached hydrogens (primary N) is 1. The number of aliphatic hydroxyl groups is 1. The van der Waals surface area contributed by atoms with Gasteiger partial charge in [0.1, 0.15) is 0 Å². The lowest BCUT2D eigenvalue weighted by atomic mass is 9.71. The van der Waals surface area contributed by atoms with E-state index in [1.54, 1.807) is 0 Å². The van der Waals surface area contributed by atoms with E-state index in [2.05, 4.69) is 9.88 Å². The van der Waals surface area contributed by atoms with Crippen molar-refractivity contribution in [3.8, 4) is 0 Å². The van der Waals surface area contributed by atoms with Gasteiger partial charge in [-0.1, -0.05) is 12.8 Å². The van der Waals surface area contributed by atoms with Crippen LogP contribution >= 0.6 is 0 Å². The predicted molar refractivity (Wildman–Crippen MR) is 77.1 cm³/mol. The number of hydrogen-bond acceptors (Lipinski definition) is 4. The average Bonchev–Trinajstić information content (AvgIpc) is 2.41. The topological polar surface area (TPSA) is 62.4 Å². The third-order valence-electron chi connectivity index (χ3n) is 4.91. The summed E-state index contributed by atoms with van der Waals surface area (Å²) in [5.74, 6) is 1.27. The number of rotatable bonds is 1. The van der Waals surface area contributed by atoms with Crippen LogP contribution in [-0.2, 0) is 0 Å². The number of aromatic nitrogens is 1. The lowest BCUT2D eigenvalue weighted by Gasteiger charge is -2.47. The van der Waals surface area contributed by atoms with Gasteiger partial charge in [-0.2, -0.15) is 0 Å². The van der Waals surface area contributed by atoms with Crippen LogP contribution in [0.3, 0.4) is 0 Å². The number of pyridine rings is 1. The largest absolute Gasteiger partial charge is 0.396 e. The van der Waals surface area contributed by atoms with Gasteiger partial charge in [-0.25, -0.2) is 4.98 Å². The highest BCUT2D eigenvalue weighted by Gasteiger charge is 2.43. The van der Waals surface area contributed by atoms with E-state index in [0.717, 1.165) is 55.8 Å². The Morgan fingerprint density at radius 1 is 1.42 bits per heavy atom. The summed E-state index contributed by atoms with van der Waals surface area (Å²) in [5.41, 5.74) is 7.57. The minimum absolute atomic E-state index is 0.372. The predicted octanol–water partition coefficient (Wildman–Crippen LogP) is 2.10. The second-order valence-corrected chi connectivity index (χ2v) is 6.11. The maximum Gasteiger partial charge on any atom is 0.152 e. The molecule has 19 heavy (non-hydrogen) atoms. The molecule has 1 aromatic heterocycles. The van der Waals surface area contributed by atoms with Crippen molar-refractivity contribution in [3.63, 3.8) is 0 Å². The Labute approximate surface area is 114 Å². The van der Waals surface area contributed by atoms with E-state index >= 15 is 0 Å². The molecule has 0 bridgehead atoms. The molecule has 2 aliphatic rings. The summed E-state index contributed by atoms with van der Waals surface area (Å²) in [6.45, 7) is 3.76. The molecule has 2 heterocycles. The summed E-state index contributed by atoms with van der Waals surface area (Å²) < 4.78 is 0. The highest BCUT2D eigenvalue weighted by Crippen LogP contribution is 2.41. The van der Waals surface area contributed by atoms with Gasteiger partial charge in [0.05, 0.1) is 11.3 Å². The van der Waals surface area contributed by atoms with Crippen LogP contribution < -0.4 is 10.6 Å². The van der Waals surface area contributed by atoms with Crippen LogP contribution in [0.2, 0.25) is 0 Å². The summed E-state index contributed by atoms with van der Waals surface area (Å²) in [6.07, 6.45) is 7.14. The number of aryl methyl sites for hydroxylation is 1. The molecule has 3 N–H and O–H groups in total. The van der Waals surface area contributed by atoms with Crippen molar-refractivity contribution in [2.24, 2.45) is 5.92 Å². The second kappa shape index (κ2) is 4.67. The molecule has 2 unspecified atom stereocenters. The summed E-state index contributed by atoms with van der Waals surface area (Å²) in [7, 11) is 0. The molecular weight excluding hydrogens is 238 g/mol. The maximum absolute atomic E-state index is 10.7. The minimum Gasteiger partial charge on any atom is -0.396 e. The van der Waals surface area contributed by atoms with Crippen molar-refractivity contribution < 1.29 is 5.11 Å². The summed E-state index contributed by atoms with van der Waals surface area (Å²) in [5, 5.41) is 10.7. The highest BCUT2D eigenvalue weighted by molar-refractivity contribution is 5.66. The minimum atomic E-state index is -0.437. The van der Waals surface area contributed by atoms with E-state index in [1.807, 2.05) is 19.2 Å². The first kappa shape index (κ1) is 12.7. The molecule has 104 valence electrons. The molecule has 1 aliphatic heterocycles. The summed E-state index contributed by atoms with van der Waals surface area (Å²) >= 11 is 0. The van der Waals surface area contributed by atoms with Crippen LogP contribution in [0.25, 0.3) is 0 Å². The molecule has 4 nitrogen and oxygen atoms in total. The molecule has 0 aromatic carbocycles. The van der Waals surface area contributed by atoms with Crippen LogP contribution in [0.1, 0.15) is 37.7 Å². The van der Waals surface area contributed by atoms with Gasteiger partial charge in [-0.15, -0.1) is 0 Å². The van der Waals surface area contributed by atoms with Crippen LogP contribution in [0.15, 0.2) is 12.3 Å².